The van der Waals surface area contributed by atoms with E-state index in [4.69, 9.17) is 9.72 Å². The van der Waals surface area contributed by atoms with Gasteiger partial charge in [-0.3, -0.25) is 4.79 Å². The highest BCUT2D eigenvalue weighted by atomic mass is 16.5. The van der Waals surface area contributed by atoms with Crippen molar-refractivity contribution in [3.63, 3.8) is 0 Å². The lowest BCUT2D eigenvalue weighted by Gasteiger charge is -2.11. The number of hydrogen-bond donors (Lipinski definition) is 1. The second kappa shape index (κ2) is 10.1. The number of ether oxygens (including phenoxy) is 1. The highest BCUT2D eigenvalue weighted by Crippen LogP contribution is 2.21. The average Bonchev–Trinajstić information content (AvgIpc) is 3.16. The summed E-state index contributed by atoms with van der Waals surface area (Å²) in [5.74, 6) is 2.07. The molecule has 1 amide bonds. The predicted octanol–water partition coefficient (Wildman–Crippen LogP) is 5.12. The first-order chi connectivity index (χ1) is 15.2. The monoisotopic (exact) mass is 415 g/mol. The van der Waals surface area contributed by atoms with Crippen molar-refractivity contribution in [3.05, 3.63) is 72.6 Å². The first-order valence-corrected chi connectivity index (χ1v) is 11.1. The van der Waals surface area contributed by atoms with Gasteiger partial charge in [0.05, 0.1) is 17.6 Å². The van der Waals surface area contributed by atoms with Gasteiger partial charge in [-0.2, -0.15) is 0 Å². The molecule has 0 saturated carbocycles. The maximum atomic E-state index is 11.4. The van der Waals surface area contributed by atoms with Crippen LogP contribution in [0.3, 0.4) is 0 Å². The van der Waals surface area contributed by atoms with Gasteiger partial charge in [-0.15, -0.1) is 0 Å². The first-order valence-electron chi connectivity index (χ1n) is 11.1. The fraction of sp³-hybridized carbons (Fsp3) is 0.308. The van der Waals surface area contributed by atoms with Crippen LogP contribution in [0.25, 0.3) is 21.8 Å². The summed E-state index contributed by atoms with van der Waals surface area (Å²) in [6.45, 7) is 4.05. The predicted molar refractivity (Wildman–Crippen MR) is 125 cm³/mol. The van der Waals surface area contributed by atoms with Crippen molar-refractivity contribution in [3.8, 4) is 5.75 Å². The minimum Gasteiger partial charge on any atom is -0.494 e. The van der Waals surface area contributed by atoms with Crippen LogP contribution in [0.1, 0.15) is 32.0 Å². The van der Waals surface area contributed by atoms with E-state index in [1.165, 1.54) is 10.8 Å². The molecule has 0 bridgehead atoms. The van der Waals surface area contributed by atoms with Gasteiger partial charge < -0.3 is 14.6 Å². The van der Waals surface area contributed by atoms with Gasteiger partial charge in [-0.05, 0) is 47.9 Å². The number of fused-ring (bicyclic) bond motifs is 2. The summed E-state index contributed by atoms with van der Waals surface area (Å²) in [6, 6.07) is 22.8. The first kappa shape index (κ1) is 20.9. The van der Waals surface area contributed by atoms with E-state index in [9.17, 15) is 4.79 Å². The van der Waals surface area contributed by atoms with E-state index < -0.39 is 0 Å². The van der Waals surface area contributed by atoms with Crippen molar-refractivity contribution in [1.29, 1.82) is 0 Å². The molecule has 160 valence electrons. The summed E-state index contributed by atoms with van der Waals surface area (Å²) in [4.78, 5) is 16.3. The Morgan fingerprint density at radius 1 is 1.00 bits per heavy atom. The van der Waals surface area contributed by atoms with Crippen molar-refractivity contribution in [1.82, 2.24) is 14.9 Å². The summed E-state index contributed by atoms with van der Waals surface area (Å²) in [7, 11) is 0. The van der Waals surface area contributed by atoms with Crippen LogP contribution in [0.4, 0.5) is 0 Å². The van der Waals surface area contributed by atoms with Crippen molar-refractivity contribution >= 4 is 27.7 Å². The zero-order valence-electron chi connectivity index (χ0n) is 18.0. The molecule has 0 spiro atoms. The zero-order valence-corrected chi connectivity index (χ0v) is 18.0. The maximum absolute atomic E-state index is 11.4. The molecule has 4 aromatic rings. The van der Waals surface area contributed by atoms with Crippen LogP contribution < -0.4 is 10.1 Å². The van der Waals surface area contributed by atoms with Gasteiger partial charge in [0.2, 0.25) is 5.91 Å². The number of amides is 1. The normalized spacial score (nSPS) is 11.1. The lowest BCUT2D eigenvalue weighted by Crippen LogP contribution is -2.23. The number of imidazole rings is 1. The Balaban J connectivity index is 1.36. The topological polar surface area (TPSA) is 56.2 Å². The van der Waals surface area contributed by atoms with Gasteiger partial charge in [-0.1, -0.05) is 49.4 Å². The molecule has 0 saturated heterocycles. The third-order valence-corrected chi connectivity index (χ3v) is 5.47. The summed E-state index contributed by atoms with van der Waals surface area (Å²) in [5.41, 5.74) is 2.17. The SMILES string of the molecule is CCC(=O)NCCCc1nc2ccccc2n1CCCOc1ccc2ccccc2c1. The molecule has 1 aromatic heterocycles. The highest BCUT2D eigenvalue weighted by Gasteiger charge is 2.10. The minimum atomic E-state index is 0.0966. The third-order valence-electron chi connectivity index (χ3n) is 5.47. The van der Waals surface area contributed by atoms with Crippen LogP contribution in [0.15, 0.2) is 66.7 Å². The number of para-hydroxylation sites is 2. The number of carbonyl (C=O) groups is 1. The molecule has 31 heavy (non-hydrogen) atoms. The summed E-state index contributed by atoms with van der Waals surface area (Å²) in [5, 5.41) is 5.36. The molecule has 4 rings (SSSR count). The van der Waals surface area contributed by atoms with E-state index in [0.717, 1.165) is 48.4 Å². The molecular formula is C26H29N3O2. The van der Waals surface area contributed by atoms with Gasteiger partial charge in [0, 0.05) is 25.9 Å². The van der Waals surface area contributed by atoms with E-state index in [1.807, 2.05) is 31.2 Å². The van der Waals surface area contributed by atoms with Gasteiger partial charge in [0.1, 0.15) is 11.6 Å². The molecular weight excluding hydrogens is 386 g/mol. The lowest BCUT2D eigenvalue weighted by atomic mass is 10.1. The van der Waals surface area contributed by atoms with E-state index in [1.54, 1.807) is 0 Å². The molecule has 5 nitrogen and oxygen atoms in total. The summed E-state index contributed by atoms with van der Waals surface area (Å²) in [6.07, 6.45) is 3.13. The molecule has 0 radical (unpaired) electrons. The van der Waals surface area contributed by atoms with Crippen molar-refractivity contribution < 1.29 is 9.53 Å². The van der Waals surface area contributed by atoms with E-state index in [-0.39, 0.29) is 5.91 Å². The van der Waals surface area contributed by atoms with Crippen LogP contribution in [-0.4, -0.2) is 28.6 Å². The van der Waals surface area contributed by atoms with Gasteiger partial charge in [0.15, 0.2) is 0 Å². The number of aromatic nitrogens is 2. The van der Waals surface area contributed by atoms with Crippen LogP contribution in [0, 0.1) is 0 Å². The highest BCUT2D eigenvalue weighted by molar-refractivity contribution is 5.83. The molecule has 1 heterocycles. The second-order valence-corrected chi connectivity index (χ2v) is 7.69. The van der Waals surface area contributed by atoms with E-state index >= 15 is 0 Å². The molecule has 0 atom stereocenters. The quantitative estimate of drug-likeness (QED) is 0.366. The Morgan fingerprint density at radius 2 is 1.81 bits per heavy atom. The molecule has 0 aliphatic heterocycles. The van der Waals surface area contributed by atoms with Gasteiger partial charge in [-0.25, -0.2) is 4.98 Å². The number of aryl methyl sites for hydroxylation is 2. The number of benzene rings is 3. The van der Waals surface area contributed by atoms with Gasteiger partial charge in [0.25, 0.3) is 0 Å². The molecule has 0 aliphatic rings. The Bertz CT molecular complexity index is 1170. The van der Waals surface area contributed by atoms with Gasteiger partial charge >= 0.3 is 0 Å². The Labute approximate surface area is 183 Å². The number of carbonyl (C=O) groups excluding carboxylic acids is 1. The second-order valence-electron chi connectivity index (χ2n) is 7.69. The molecule has 0 unspecified atom stereocenters. The number of hydrogen-bond acceptors (Lipinski definition) is 3. The van der Waals surface area contributed by atoms with Crippen LogP contribution in [0.5, 0.6) is 5.75 Å². The number of nitrogens with zero attached hydrogens (tertiary/aromatic N) is 2. The van der Waals surface area contributed by atoms with Crippen molar-refractivity contribution in [2.24, 2.45) is 0 Å². The smallest absolute Gasteiger partial charge is 0.219 e. The largest absolute Gasteiger partial charge is 0.494 e. The van der Waals surface area contributed by atoms with Crippen molar-refractivity contribution in [2.75, 3.05) is 13.2 Å². The molecule has 0 aliphatic carbocycles. The van der Waals surface area contributed by atoms with E-state index in [0.29, 0.717) is 19.6 Å². The third kappa shape index (κ3) is 5.23. The fourth-order valence-corrected chi connectivity index (χ4v) is 3.83. The molecule has 5 heteroatoms. The standard InChI is InChI=1S/C26H29N3O2/c1-2-26(30)27-16-7-13-25-28-23-11-5-6-12-24(23)29(25)17-8-18-31-22-15-14-20-9-3-4-10-21(20)19-22/h3-6,9-12,14-15,19H,2,7-8,13,16-18H2,1H3,(H,27,30). The van der Waals surface area contributed by atoms with Crippen LogP contribution in [-0.2, 0) is 17.8 Å². The lowest BCUT2D eigenvalue weighted by molar-refractivity contribution is -0.120. The molecule has 1 N–H and O–H groups in total. The molecule has 0 fully saturated rings. The maximum Gasteiger partial charge on any atom is 0.219 e. The fourth-order valence-electron chi connectivity index (χ4n) is 3.83. The number of nitrogens with one attached hydrogen (secondary N) is 1. The number of rotatable bonds is 10. The van der Waals surface area contributed by atoms with Crippen LogP contribution >= 0.6 is 0 Å². The van der Waals surface area contributed by atoms with Crippen LogP contribution in [0.2, 0.25) is 0 Å². The Hall–Kier alpha value is -3.34. The average molecular weight is 416 g/mol. The minimum absolute atomic E-state index is 0.0966. The Morgan fingerprint density at radius 3 is 2.68 bits per heavy atom. The van der Waals surface area contributed by atoms with E-state index in [2.05, 4.69) is 52.3 Å². The summed E-state index contributed by atoms with van der Waals surface area (Å²) < 4.78 is 8.31. The van der Waals surface area contributed by atoms with Crippen molar-refractivity contribution in [2.45, 2.75) is 39.2 Å². The zero-order chi connectivity index (χ0) is 21.5. The molecule has 3 aromatic carbocycles. The summed E-state index contributed by atoms with van der Waals surface area (Å²) >= 11 is 0. The Kier molecular flexibility index (Phi) is 6.82.